The van der Waals surface area contributed by atoms with Crippen LogP contribution in [0, 0.1) is 12.7 Å². The summed E-state index contributed by atoms with van der Waals surface area (Å²) in [6, 6.07) is 17.9. The largest absolute Gasteiger partial charge is 0.345 e. The molecule has 1 atom stereocenters. The van der Waals surface area contributed by atoms with Crippen molar-refractivity contribution in [1.82, 2.24) is 24.9 Å². The molecule has 0 unspecified atom stereocenters. The number of nitrogens with one attached hydrogen (secondary N) is 2. The van der Waals surface area contributed by atoms with Crippen LogP contribution < -0.4 is 5.32 Å². The van der Waals surface area contributed by atoms with E-state index >= 15 is 0 Å². The lowest BCUT2D eigenvalue weighted by Crippen LogP contribution is -2.27. The predicted octanol–water partition coefficient (Wildman–Crippen LogP) is 5.33. The van der Waals surface area contributed by atoms with Gasteiger partial charge in [0, 0.05) is 28.6 Å². The van der Waals surface area contributed by atoms with Crippen molar-refractivity contribution in [2.75, 3.05) is 0 Å². The van der Waals surface area contributed by atoms with Gasteiger partial charge in [0.05, 0.1) is 29.7 Å². The van der Waals surface area contributed by atoms with Gasteiger partial charge in [-0.3, -0.25) is 14.3 Å². The molecule has 164 valence electrons. The van der Waals surface area contributed by atoms with Gasteiger partial charge in [-0.15, -0.1) is 0 Å². The summed E-state index contributed by atoms with van der Waals surface area (Å²) in [4.78, 5) is 17.1. The van der Waals surface area contributed by atoms with Crippen molar-refractivity contribution >= 4 is 11.6 Å². The average molecular weight is 439 g/mol. The quantitative estimate of drug-likeness (QED) is 0.389. The molecule has 6 nitrogen and oxygen atoms in total. The molecule has 0 saturated heterocycles. The lowest BCUT2D eigenvalue weighted by molar-refractivity contribution is 0.0936. The van der Waals surface area contributed by atoms with Gasteiger partial charge < -0.3 is 5.32 Å². The number of amides is 1. The molecule has 0 bridgehead atoms. The summed E-state index contributed by atoms with van der Waals surface area (Å²) < 4.78 is 16.9. The zero-order chi connectivity index (χ0) is 22.9. The van der Waals surface area contributed by atoms with Crippen LogP contribution in [0.4, 0.5) is 4.39 Å². The average Bonchev–Trinajstić information content (AvgIpc) is 3.45. The third-order valence-electron chi connectivity index (χ3n) is 5.80. The number of rotatable bonds is 5. The Balaban J connectivity index is 1.44. The van der Waals surface area contributed by atoms with E-state index in [2.05, 4.69) is 20.5 Å². The Labute approximate surface area is 190 Å². The number of pyridine rings is 1. The van der Waals surface area contributed by atoms with Gasteiger partial charge in [-0.2, -0.15) is 5.10 Å². The maximum Gasteiger partial charge on any atom is 0.254 e. The second kappa shape index (κ2) is 8.35. The molecule has 2 aromatic carbocycles. The number of nitrogens with zero attached hydrogens (tertiary/aromatic N) is 3. The minimum Gasteiger partial charge on any atom is -0.345 e. The van der Waals surface area contributed by atoms with Gasteiger partial charge in [-0.05, 0) is 43.7 Å². The zero-order valence-electron chi connectivity index (χ0n) is 18.2. The van der Waals surface area contributed by atoms with Gasteiger partial charge in [0.25, 0.3) is 5.91 Å². The zero-order valence-corrected chi connectivity index (χ0v) is 18.2. The van der Waals surface area contributed by atoms with E-state index in [-0.39, 0.29) is 11.6 Å². The number of imidazole rings is 1. The van der Waals surface area contributed by atoms with Crippen molar-refractivity contribution in [3.63, 3.8) is 0 Å². The summed E-state index contributed by atoms with van der Waals surface area (Å²) in [5.74, 6) is -1.03. The van der Waals surface area contributed by atoms with E-state index in [1.54, 1.807) is 18.5 Å². The number of aryl methyl sites for hydroxylation is 1. The van der Waals surface area contributed by atoms with Crippen molar-refractivity contribution in [2.24, 2.45) is 0 Å². The Bertz CT molecular complexity index is 1450. The van der Waals surface area contributed by atoms with Gasteiger partial charge in [0.2, 0.25) is 0 Å². The molecule has 0 spiro atoms. The maximum absolute atomic E-state index is 15.0. The second-order valence-electron chi connectivity index (χ2n) is 8.00. The number of aromatic nitrogens is 4. The van der Waals surface area contributed by atoms with Crippen molar-refractivity contribution in [3.8, 4) is 22.4 Å². The SMILES string of the molecule is Cc1[nH]ncc1-c1ccc2ncc(-c3ccc(C(=O)N[C@@H](C)c4ccccc4)c(F)c3)n2c1. The number of hydrogen-bond donors (Lipinski definition) is 2. The molecule has 0 aliphatic carbocycles. The summed E-state index contributed by atoms with van der Waals surface area (Å²) in [5.41, 5.74) is 5.99. The molecule has 5 aromatic rings. The fourth-order valence-electron chi connectivity index (χ4n) is 3.95. The van der Waals surface area contributed by atoms with E-state index in [0.29, 0.717) is 5.56 Å². The Kier molecular flexibility index (Phi) is 5.22. The number of benzene rings is 2. The number of carbonyl (C=O) groups excluding carboxylic acids is 1. The number of aromatic amines is 1. The smallest absolute Gasteiger partial charge is 0.254 e. The molecule has 0 fully saturated rings. The molecule has 1 amide bonds. The molecule has 5 rings (SSSR count). The Morgan fingerprint density at radius 3 is 2.58 bits per heavy atom. The van der Waals surface area contributed by atoms with Gasteiger partial charge >= 0.3 is 0 Å². The summed E-state index contributed by atoms with van der Waals surface area (Å²) in [6.45, 7) is 3.83. The van der Waals surface area contributed by atoms with Crippen molar-refractivity contribution in [3.05, 3.63) is 102 Å². The number of H-pyrrole nitrogens is 1. The van der Waals surface area contributed by atoms with E-state index < -0.39 is 11.7 Å². The fourth-order valence-corrected chi connectivity index (χ4v) is 3.95. The van der Waals surface area contributed by atoms with Crippen LogP contribution in [0.5, 0.6) is 0 Å². The Hall–Kier alpha value is -4.26. The topological polar surface area (TPSA) is 75.1 Å². The lowest BCUT2D eigenvalue weighted by atomic mass is 10.1. The predicted molar refractivity (Wildman–Crippen MR) is 125 cm³/mol. The lowest BCUT2D eigenvalue weighted by Gasteiger charge is -2.15. The Morgan fingerprint density at radius 2 is 1.85 bits per heavy atom. The first-order valence-electron chi connectivity index (χ1n) is 10.6. The van der Waals surface area contributed by atoms with Crippen LogP contribution >= 0.6 is 0 Å². The first-order chi connectivity index (χ1) is 16.0. The highest BCUT2D eigenvalue weighted by atomic mass is 19.1. The van der Waals surface area contributed by atoms with Crippen molar-refractivity contribution < 1.29 is 9.18 Å². The first kappa shape index (κ1) is 20.6. The van der Waals surface area contributed by atoms with Crippen molar-refractivity contribution in [1.29, 1.82) is 0 Å². The number of carbonyl (C=O) groups is 1. The van der Waals surface area contributed by atoms with Gasteiger partial charge in [0.15, 0.2) is 0 Å². The minimum atomic E-state index is -0.581. The molecule has 2 N–H and O–H groups in total. The highest BCUT2D eigenvalue weighted by Gasteiger charge is 2.17. The van der Waals surface area contributed by atoms with Gasteiger partial charge in [0.1, 0.15) is 11.5 Å². The summed E-state index contributed by atoms with van der Waals surface area (Å²) in [5, 5.41) is 9.89. The molecular formula is C26H22FN5O. The summed E-state index contributed by atoms with van der Waals surface area (Å²) >= 11 is 0. The van der Waals surface area contributed by atoms with E-state index in [9.17, 15) is 9.18 Å². The van der Waals surface area contributed by atoms with Crippen LogP contribution in [0.1, 0.15) is 34.6 Å². The van der Waals surface area contributed by atoms with Crippen LogP contribution in [0.3, 0.4) is 0 Å². The van der Waals surface area contributed by atoms with E-state index in [4.69, 9.17) is 0 Å². The molecule has 3 heterocycles. The van der Waals surface area contributed by atoms with Gasteiger partial charge in [-0.1, -0.05) is 36.4 Å². The van der Waals surface area contributed by atoms with E-state index in [0.717, 1.165) is 33.7 Å². The van der Waals surface area contributed by atoms with Crippen LogP contribution in [0.2, 0.25) is 0 Å². The van der Waals surface area contributed by atoms with Crippen LogP contribution in [0.25, 0.3) is 28.0 Å². The molecular weight excluding hydrogens is 417 g/mol. The van der Waals surface area contributed by atoms with E-state index in [1.807, 2.05) is 66.9 Å². The first-order valence-corrected chi connectivity index (χ1v) is 10.6. The molecule has 0 saturated carbocycles. The molecule has 0 aliphatic heterocycles. The minimum absolute atomic E-state index is 0.00469. The normalized spacial score (nSPS) is 12.1. The molecule has 3 aromatic heterocycles. The van der Waals surface area contributed by atoms with E-state index in [1.165, 1.54) is 12.1 Å². The monoisotopic (exact) mass is 439 g/mol. The van der Waals surface area contributed by atoms with Crippen LogP contribution in [-0.4, -0.2) is 25.5 Å². The number of hydrogen-bond acceptors (Lipinski definition) is 3. The Morgan fingerprint density at radius 1 is 1.06 bits per heavy atom. The highest BCUT2D eigenvalue weighted by Crippen LogP contribution is 2.27. The third-order valence-corrected chi connectivity index (χ3v) is 5.80. The molecule has 0 aliphatic rings. The van der Waals surface area contributed by atoms with Gasteiger partial charge in [-0.25, -0.2) is 9.37 Å². The highest BCUT2D eigenvalue weighted by molar-refractivity contribution is 5.95. The maximum atomic E-state index is 15.0. The number of halogens is 1. The summed E-state index contributed by atoms with van der Waals surface area (Å²) in [7, 11) is 0. The van der Waals surface area contributed by atoms with Crippen molar-refractivity contribution in [2.45, 2.75) is 19.9 Å². The third kappa shape index (κ3) is 3.89. The second-order valence-corrected chi connectivity index (χ2v) is 8.00. The fraction of sp³-hybridized carbons (Fsp3) is 0.115. The molecule has 7 heteroatoms. The molecule has 0 radical (unpaired) electrons. The standard InChI is InChI=1S/C26H22FN5O/c1-16(18-6-4-3-5-7-18)30-26(33)21-10-8-19(12-23(21)27)24-14-28-25-11-9-20(15-32(24)25)22-13-29-31-17(22)2/h3-16H,1-2H3,(H,29,31)(H,30,33)/t16-/m0/s1. The van der Waals surface area contributed by atoms with Crippen LogP contribution in [0.15, 0.2) is 79.3 Å². The molecule has 33 heavy (non-hydrogen) atoms. The number of fused-ring (bicyclic) bond motifs is 1. The van der Waals surface area contributed by atoms with Crippen LogP contribution in [-0.2, 0) is 0 Å². The summed E-state index contributed by atoms with van der Waals surface area (Å²) in [6.07, 6.45) is 5.43.